The molecule has 0 saturated carbocycles. The minimum Gasteiger partial charge on any atom is -0.444 e. The molecule has 3 amide bonds. The van der Waals surface area contributed by atoms with Gasteiger partial charge in [0.05, 0.1) is 6.42 Å². The first-order valence-electron chi connectivity index (χ1n) is 9.98. The van der Waals surface area contributed by atoms with Crippen LogP contribution in [0.2, 0.25) is 0 Å². The molecule has 0 atom stereocenters. The number of ether oxygens (including phenoxy) is 1. The fraction of sp³-hybridized carbons (Fsp3) is 0.348. The predicted octanol–water partition coefficient (Wildman–Crippen LogP) is 3.54. The van der Waals surface area contributed by atoms with E-state index in [-0.39, 0.29) is 31.2 Å². The number of anilines is 1. The summed E-state index contributed by atoms with van der Waals surface area (Å²) in [5, 5.41) is 8.01. The van der Waals surface area contributed by atoms with Gasteiger partial charge in [-0.25, -0.2) is 9.18 Å². The van der Waals surface area contributed by atoms with Gasteiger partial charge in [-0.05, 0) is 50.1 Å². The quantitative estimate of drug-likeness (QED) is 0.598. The summed E-state index contributed by atoms with van der Waals surface area (Å²) in [4.78, 5) is 35.5. The Morgan fingerprint density at radius 3 is 2.26 bits per heavy atom. The molecule has 0 heterocycles. The van der Waals surface area contributed by atoms with Crippen LogP contribution in [-0.2, 0) is 27.3 Å². The van der Waals surface area contributed by atoms with Gasteiger partial charge in [-0.3, -0.25) is 9.59 Å². The lowest BCUT2D eigenvalue weighted by Gasteiger charge is -2.19. The van der Waals surface area contributed by atoms with E-state index < -0.39 is 17.5 Å². The number of halogens is 1. The van der Waals surface area contributed by atoms with Crippen molar-refractivity contribution in [3.63, 3.8) is 0 Å². The Balaban J connectivity index is 1.71. The Labute approximate surface area is 181 Å². The molecule has 0 aromatic heterocycles. The van der Waals surface area contributed by atoms with E-state index in [9.17, 15) is 18.8 Å². The molecule has 0 fully saturated rings. The van der Waals surface area contributed by atoms with Gasteiger partial charge in [-0.2, -0.15) is 0 Å². The molecule has 0 aliphatic heterocycles. The summed E-state index contributed by atoms with van der Waals surface area (Å²) in [6.07, 6.45) is -0.493. The molecule has 0 saturated heterocycles. The van der Waals surface area contributed by atoms with Crippen molar-refractivity contribution < 1.29 is 23.5 Å². The monoisotopic (exact) mass is 429 g/mol. The van der Waals surface area contributed by atoms with Gasteiger partial charge >= 0.3 is 6.09 Å². The lowest BCUT2D eigenvalue weighted by Crippen LogP contribution is -2.34. The first-order valence-corrected chi connectivity index (χ1v) is 9.98. The van der Waals surface area contributed by atoms with E-state index in [2.05, 4.69) is 16.0 Å². The zero-order chi connectivity index (χ0) is 22.9. The van der Waals surface area contributed by atoms with Crippen LogP contribution in [0.1, 0.15) is 38.3 Å². The molecule has 0 aliphatic carbocycles. The van der Waals surface area contributed by atoms with Gasteiger partial charge < -0.3 is 20.7 Å². The highest BCUT2D eigenvalue weighted by atomic mass is 19.1. The van der Waals surface area contributed by atoms with E-state index in [1.54, 1.807) is 63.2 Å². The topological polar surface area (TPSA) is 96.5 Å². The van der Waals surface area contributed by atoms with Gasteiger partial charge in [0, 0.05) is 25.2 Å². The summed E-state index contributed by atoms with van der Waals surface area (Å²) < 4.78 is 18.7. The smallest absolute Gasteiger partial charge is 0.407 e. The van der Waals surface area contributed by atoms with Crippen molar-refractivity contribution in [2.75, 3.05) is 11.9 Å². The largest absolute Gasteiger partial charge is 0.444 e. The van der Waals surface area contributed by atoms with Crippen molar-refractivity contribution in [2.24, 2.45) is 0 Å². The van der Waals surface area contributed by atoms with E-state index in [1.165, 1.54) is 6.07 Å². The van der Waals surface area contributed by atoms with Crippen LogP contribution in [0.4, 0.5) is 14.9 Å². The van der Waals surface area contributed by atoms with E-state index in [0.29, 0.717) is 17.8 Å². The molecular formula is C23H28FN3O4. The first kappa shape index (κ1) is 23.9. The van der Waals surface area contributed by atoms with E-state index in [1.807, 2.05) is 0 Å². The second-order valence-corrected chi connectivity index (χ2v) is 7.97. The molecule has 8 heteroatoms. The Hall–Kier alpha value is -3.42. The lowest BCUT2D eigenvalue weighted by molar-refractivity contribution is -0.120. The van der Waals surface area contributed by atoms with Crippen molar-refractivity contribution in [1.29, 1.82) is 0 Å². The predicted molar refractivity (Wildman–Crippen MR) is 116 cm³/mol. The van der Waals surface area contributed by atoms with Crippen molar-refractivity contribution in [2.45, 2.75) is 45.8 Å². The highest BCUT2D eigenvalue weighted by Crippen LogP contribution is 2.11. The zero-order valence-corrected chi connectivity index (χ0v) is 18.0. The van der Waals surface area contributed by atoms with E-state index >= 15 is 0 Å². The van der Waals surface area contributed by atoms with Crippen LogP contribution < -0.4 is 16.0 Å². The van der Waals surface area contributed by atoms with Crippen molar-refractivity contribution >= 4 is 23.6 Å². The van der Waals surface area contributed by atoms with Gasteiger partial charge in [-0.15, -0.1) is 0 Å². The Kier molecular flexibility index (Phi) is 8.54. The maximum Gasteiger partial charge on any atom is 0.407 e. The summed E-state index contributed by atoms with van der Waals surface area (Å²) in [5.74, 6) is -0.930. The molecule has 31 heavy (non-hydrogen) atoms. The van der Waals surface area contributed by atoms with Gasteiger partial charge in [0.25, 0.3) is 0 Å². The second-order valence-electron chi connectivity index (χ2n) is 7.97. The average Bonchev–Trinajstić information content (AvgIpc) is 2.68. The summed E-state index contributed by atoms with van der Waals surface area (Å²) in [5.41, 5.74) is 1.19. The van der Waals surface area contributed by atoms with Crippen LogP contribution in [-0.4, -0.2) is 30.1 Å². The lowest BCUT2D eigenvalue weighted by atomic mass is 10.1. The molecule has 7 nitrogen and oxygen atoms in total. The normalized spacial score (nSPS) is 10.8. The first-order chi connectivity index (χ1) is 14.6. The number of carbonyl (C=O) groups excluding carboxylic acids is 3. The molecule has 0 radical (unpaired) electrons. The molecule has 2 rings (SSSR count). The number of alkyl carbamates (subject to hydrolysis) is 1. The maximum atomic E-state index is 13.6. The highest BCUT2D eigenvalue weighted by Gasteiger charge is 2.16. The molecule has 166 valence electrons. The summed E-state index contributed by atoms with van der Waals surface area (Å²) >= 11 is 0. The van der Waals surface area contributed by atoms with E-state index in [0.717, 1.165) is 5.56 Å². The van der Waals surface area contributed by atoms with Crippen molar-refractivity contribution in [1.82, 2.24) is 10.6 Å². The van der Waals surface area contributed by atoms with Crippen LogP contribution in [0.15, 0.2) is 48.5 Å². The number of benzene rings is 2. The van der Waals surface area contributed by atoms with Crippen molar-refractivity contribution in [3.05, 3.63) is 65.5 Å². The minimum atomic E-state index is -0.592. The van der Waals surface area contributed by atoms with Crippen LogP contribution in [0.25, 0.3) is 0 Å². The third kappa shape index (κ3) is 9.29. The summed E-state index contributed by atoms with van der Waals surface area (Å²) in [6, 6.07) is 13.2. The molecular weight excluding hydrogens is 401 g/mol. The van der Waals surface area contributed by atoms with Crippen molar-refractivity contribution in [3.8, 4) is 0 Å². The van der Waals surface area contributed by atoms with E-state index in [4.69, 9.17) is 4.74 Å². The van der Waals surface area contributed by atoms with Crippen LogP contribution in [0, 0.1) is 5.82 Å². The molecule has 0 spiro atoms. The van der Waals surface area contributed by atoms with Crippen LogP contribution in [0.5, 0.6) is 0 Å². The molecule has 2 aromatic carbocycles. The molecule has 0 bridgehead atoms. The minimum absolute atomic E-state index is 0.0296. The number of rotatable bonds is 8. The summed E-state index contributed by atoms with van der Waals surface area (Å²) in [7, 11) is 0. The van der Waals surface area contributed by atoms with Gasteiger partial charge in [0.1, 0.15) is 11.4 Å². The number of hydrogen-bond acceptors (Lipinski definition) is 4. The molecule has 0 unspecified atom stereocenters. The number of carbonyl (C=O) groups is 3. The summed E-state index contributed by atoms with van der Waals surface area (Å²) in [6.45, 7) is 5.74. The van der Waals surface area contributed by atoms with Gasteiger partial charge in [-0.1, -0.05) is 30.3 Å². The second kappa shape index (κ2) is 11.1. The fourth-order valence-electron chi connectivity index (χ4n) is 2.60. The van der Waals surface area contributed by atoms with Crippen LogP contribution >= 0.6 is 0 Å². The Bertz CT molecular complexity index is 908. The third-order valence-corrected chi connectivity index (χ3v) is 4.06. The molecule has 2 aromatic rings. The van der Waals surface area contributed by atoms with Gasteiger partial charge in [0.15, 0.2) is 0 Å². The average molecular weight is 429 g/mol. The van der Waals surface area contributed by atoms with Gasteiger partial charge in [0.2, 0.25) is 11.8 Å². The molecule has 3 N–H and O–H groups in total. The molecule has 0 aliphatic rings. The zero-order valence-electron chi connectivity index (χ0n) is 18.0. The highest BCUT2D eigenvalue weighted by molar-refractivity contribution is 5.91. The fourth-order valence-corrected chi connectivity index (χ4v) is 2.60. The van der Waals surface area contributed by atoms with Crippen LogP contribution in [0.3, 0.4) is 0 Å². The standard InChI is InChI=1S/C23H28FN3O4/c1-23(2,3)31-22(30)25-13-12-20(28)27-18-10-8-16(9-11-18)15-26-21(29)14-17-6-4-5-7-19(17)24/h4-11H,12-15H2,1-3H3,(H,25,30)(H,26,29)(H,27,28). The SMILES string of the molecule is CC(C)(C)OC(=O)NCCC(=O)Nc1ccc(CNC(=O)Cc2ccccc2F)cc1. The number of amides is 3. The Morgan fingerprint density at radius 1 is 0.935 bits per heavy atom. The number of nitrogens with one attached hydrogen (secondary N) is 3. The third-order valence-electron chi connectivity index (χ3n) is 4.06. The number of hydrogen-bond donors (Lipinski definition) is 3. The Morgan fingerprint density at radius 2 is 1.61 bits per heavy atom. The maximum absolute atomic E-state index is 13.6.